The Bertz CT molecular complexity index is 1560. The van der Waals surface area contributed by atoms with Crippen LogP contribution in [0.25, 0.3) is 22.0 Å². The second kappa shape index (κ2) is 9.70. The summed E-state index contributed by atoms with van der Waals surface area (Å²) in [5.41, 5.74) is 3.25. The number of nitrogens with one attached hydrogen (secondary N) is 1. The van der Waals surface area contributed by atoms with Gasteiger partial charge in [0.2, 0.25) is 10.0 Å². The lowest BCUT2D eigenvalue weighted by molar-refractivity contribution is 0.102. The molecule has 0 aliphatic carbocycles. The van der Waals surface area contributed by atoms with Gasteiger partial charge in [0.05, 0.1) is 22.7 Å². The predicted octanol–water partition coefficient (Wildman–Crippen LogP) is 5.92. The van der Waals surface area contributed by atoms with Crippen molar-refractivity contribution in [1.29, 1.82) is 0 Å². The van der Waals surface area contributed by atoms with Crippen LogP contribution in [0.15, 0.2) is 72.9 Å². The number of hydrogen-bond acceptors (Lipinski definition) is 4. The molecule has 0 radical (unpaired) electrons. The van der Waals surface area contributed by atoms with Gasteiger partial charge >= 0.3 is 0 Å². The van der Waals surface area contributed by atoms with Crippen LogP contribution in [-0.2, 0) is 10.0 Å². The van der Waals surface area contributed by atoms with Gasteiger partial charge in [0.1, 0.15) is 5.82 Å². The van der Waals surface area contributed by atoms with Crippen molar-refractivity contribution in [2.75, 3.05) is 21.9 Å². The highest BCUT2D eigenvalue weighted by Gasteiger charge is 2.26. The number of aromatic nitrogens is 1. The zero-order valence-corrected chi connectivity index (χ0v) is 20.7. The van der Waals surface area contributed by atoms with Crippen LogP contribution in [-0.4, -0.2) is 31.6 Å². The molecule has 6 nitrogen and oxygen atoms in total. The normalized spacial score (nSPS) is 15.4. The third-order valence-electron chi connectivity index (χ3n) is 6.51. The zero-order valence-electron chi connectivity index (χ0n) is 19.9. The van der Waals surface area contributed by atoms with Crippen LogP contribution in [0.3, 0.4) is 0 Å². The molecule has 0 unspecified atom stereocenters. The standard InChI is InChI=1S/C28H26FN3O3S/c1-19-9-10-21(17-25(19)27-23-8-4-3-7-20(23)13-14-30-27)31-28(33)24-12-11-22(18-26(24)29)32-15-5-2-6-16-36(32,34)35/h3-4,7-14,17-18H,2,5-6,15-16H2,1H3,(H,31,33). The summed E-state index contributed by atoms with van der Waals surface area (Å²) >= 11 is 0. The van der Waals surface area contributed by atoms with Crippen LogP contribution < -0.4 is 9.62 Å². The number of carbonyl (C=O) groups is 1. The molecule has 1 fully saturated rings. The number of amides is 1. The molecule has 1 aliphatic rings. The van der Waals surface area contributed by atoms with Gasteiger partial charge in [0.15, 0.2) is 0 Å². The van der Waals surface area contributed by atoms with Gasteiger partial charge in [-0.1, -0.05) is 36.8 Å². The lowest BCUT2D eigenvalue weighted by Gasteiger charge is -2.22. The van der Waals surface area contributed by atoms with E-state index in [0.29, 0.717) is 25.1 Å². The minimum atomic E-state index is -3.50. The van der Waals surface area contributed by atoms with Gasteiger partial charge < -0.3 is 5.32 Å². The Morgan fingerprint density at radius 1 is 1.00 bits per heavy atom. The van der Waals surface area contributed by atoms with E-state index in [-0.39, 0.29) is 17.0 Å². The predicted molar refractivity (Wildman–Crippen MR) is 141 cm³/mol. The molecule has 0 atom stereocenters. The molecule has 1 N–H and O–H groups in total. The van der Waals surface area contributed by atoms with Crippen LogP contribution >= 0.6 is 0 Å². The fourth-order valence-electron chi connectivity index (χ4n) is 4.59. The Balaban J connectivity index is 1.42. The van der Waals surface area contributed by atoms with E-state index in [4.69, 9.17) is 0 Å². The molecule has 0 saturated carbocycles. The summed E-state index contributed by atoms with van der Waals surface area (Å²) in [6.45, 7) is 2.28. The molecule has 36 heavy (non-hydrogen) atoms. The molecule has 1 amide bonds. The van der Waals surface area contributed by atoms with Gasteiger partial charge in [-0.15, -0.1) is 0 Å². The average Bonchev–Trinajstić information content (AvgIpc) is 3.04. The number of anilines is 2. The molecule has 0 bridgehead atoms. The van der Waals surface area contributed by atoms with E-state index in [1.165, 1.54) is 16.4 Å². The quantitative estimate of drug-likeness (QED) is 0.375. The number of nitrogens with zero attached hydrogens (tertiary/aromatic N) is 2. The van der Waals surface area contributed by atoms with E-state index < -0.39 is 21.7 Å². The molecule has 5 rings (SSSR count). The lowest BCUT2D eigenvalue weighted by Crippen LogP contribution is -2.32. The lowest BCUT2D eigenvalue weighted by atomic mass is 9.99. The molecule has 2 heterocycles. The largest absolute Gasteiger partial charge is 0.322 e. The summed E-state index contributed by atoms with van der Waals surface area (Å²) in [5.74, 6) is -1.34. The molecule has 1 saturated heterocycles. The minimum Gasteiger partial charge on any atom is -0.322 e. The second-order valence-electron chi connectivity index (χ2n) is 8.98. The van der Waals surface area contributed by atoms with Crippen molar-refractivity contribution < 1.29 is 17.6 Å². The van der Waals surface area contributed by atoms with Crippen molar-refractivity contribution in [3.05, 3.63) is 89.9 Å². The SMILES string of the molecule is Cc1ccc(NC(=O)c2ccc(N3CCCCCS3(=O)=O)cc2F)cc1-c1nccc2ccccc12. The number of pyridine rings is 1. The molecule has 4 aromatic rings. The topological polar surface area (TPSA) is 79.4 Å². The molecule has 1 aliphatic heterocycles. The van der Waals surface area contributed by atoms with Gasteiger partial charge in [0, 0.05) is 29.4 Å². The summed E-state index contributed by atoms with van der Waals surface area (Å²) in [4.78, 5) is 17.5. The molecule has 184 valence electrons. The average molecular weight is 504 g/mol. The first-order valence-electron chi connectivity index (χ1n) is 11.9. The smallest absolute Gasteiger partial charge is 0.258 e. The number of carbonyl (C=O) groups excluding carboxylic acids is 1. The number of rotatable bonds is 4. The Morgan fingerprint density at radius 2 is 1.83 bits per heavy atom. The van der Waals surface area contributed by atoms with E-state index in [1.54, 1.807) is 12.3 Å². The van der Waals surface area contributed by atoms with Gasteiger partial charge in [-0.05, 0) is 67.1 Å². The number of sulfonamides is 1. The van der Waals surface area contributed by atoms with Crippen LogP contribution in [0.5, 0.6) is 0 Å². The Labute approximate surface area is 209 Å². The molecule has 0 spiro atoms. The fraction of sp³-hybridized carbons (Fsp3) is 0.214. The molecule has 8 heteroatoms. The van der Waals surface area contributed by atoms with Gasteiger partial charge in [-0.2, -0.15) is 0 Å². The van der Waals surface area contributed by atoms with Crippen molar-refractivity contribution in [1.82, 2.24) is 4.98 Å². The van der Waals surface area contributed by atoms with Crippen LogP contribution in [0.4, 0.5) is 15.8 Å². The highest BCUT2D eigenvalue weighted by atomic mass is 32.2. The Kier molecular flexibility index (Phi) is 6.45. The van der Waals surface area contributed by atoms with Gasteiger partial charge in [-0.3, -0.25) is 14.1 Å². The maximum absolute atomic E-state index is 15.0. The van der Waals surface area contributed by atoms with Crippen molar-refractivity contribution >= 4 is 38.1 Å². The fourth-order valence-corrected chi connectivity index (χ4v) is 6.22. The summed E-state index contributed by atoms with van der Waals surface area (Å²) in [6, 6.07) is 19.3. The third kappa shape index (κ3) is 4.68. The van der Waals surface area contributed by atoms with Crippen LogP contribution in [0.1, 0.15) is 35.2 Å². The second-order valence-corrected chi connectivity index (χ2v) is 11.0. The van der Waals surface area contributed by atoms with E-state index in [1.807, 2.05) is 49.4 Å². The van der Waals surface area contributed by atoms with Crippen molar-refractivity contribution in [2.45, 2.75) is 26.2 Å². The highest BCUT2D eigenvalue weighted by Crippen LogP contribution is 2.31. The van der Waals surface area contributed by atoms with Crippen LogP contribution in [0, 0.1) is 12.7 Å². The highest BCUT2D eigenvalue weighted by molar-refractivity contribution is 7.92. The third-order valence-corrected chi connectivity index (χ3v) is 8.38. The van der Waals surface area contributed by atoms with Gasteiger partial charge in [0.25, 0.3) is 5.91 Å². The summed E-state index contributed by atoms with van der Waals surface area (Å²) < 4.78 is 41.3. The van der Waals surface area contributed by atoms with E-state index >= 15 is 4.39 Å². The van der Waals surface area contributed by atoms with Crippen molar-refractivity contribution in [3.8, 4) is 11.3 Å². The number of fused-ring (bicyclic) bond motifs is 1. The number of halogens is 1. The maximum atomic E-state index is 15.0. The van der Waals surface area contributed by atoms with Crippen LogP contribution in [0.2, 0.25) is 0 Å². The Hall–Kier alpha value is -3.78. The molecular weight excluding hydrogens is 477 g/mol. The number of hydrogen-bond donors (Lipinski definition) is 1. The molecular formula is C28H26FN3O3S. The van der Waals surface area contributed by atoms with Gasteiger partial charge in [-0.25, -0.2) is 12.8 Å². The van der Waals surface area contributed by atoms with E-state index in [0.717, 1.165) is 40.1 Å². The number of aryl methyl sites for hydroxylation is 1. The van der Waals surface area contributed by atoms with Crippen molar-refractivity contribution in [3.63, 3.8) is 0 Å². The number of benzene rings is 3. The first-order valence-corrected chi connectivity index (χ1v) is 13.5. The van der Waals surface area contributed by atoms with E-state index in [2.05, 4.69) is 10.3 Å². The Morgan fingerprint density at radius 3 is 2.67 bits per heavy atom. The maximum Gasteiger partial charge on any atom is 0.258 e. The van der Waals surface area contributed by atoms with Crippen molar-refractivity contribution in [2.24, 2.45) is 0 Å². The molecule has 3 aromatic carbocycles. The molecule has 1 aromatic heterocycles. The first-order chi connectivity index (χ1) is 17.3. The summed E-state index contributed by atoms with van der Waals surface area (Å²) in [6.07, 6.45) is 3.87. The minimum absolute atomic E-state index is 0.0399. The monoisotopic (exact) mass is 503 g/mol. The first kappa shape index (κ1) is 23.9. The van der Waals surface area contributed by atoms with E-state index in [9.17, 15) is 13.2 Å². The summed E-state index contributed by atoms with van der Waals surface area (Å²) in [7, 11) is -3.50. The summed E-state index contributed by atoms with van der Waals surface area (Å²) in [5, 5.41) is 4.83. The zero-order chi connectivity index (χ0) is 25.3.